The van der Waals surface area contributed by atoms with Crippen LogP contribution in [0.3, 0.4) is 0 Å². The summed E-state index contributed by atoms with van der Waals surface area (Å²) in [5.41, 5.74) is 8.17. The topological polar surface area (TPSA) is 131 Å². The fraction of sp³-hybridized carbons (Fsp3) is 0.529. The molecule has 0 aliphatic carbocycles. The molecule has 4 amide bonds. The lowest BCUT2D eigenvalue weighted by Gasteiger charge is -2.34. The Morgan fingerprint density at radius 2 is 1.51 bits per heavy atom. The Morgan fingerprint density at radius 3 is 2.09 bits per heavy atom. The lowest BCUT2D eigenvalue weighted by molar-refractivity contribution is -0.143. The van der Waals surface area contributed by atoms with Gasteiger partial charge in [0, 0.05) is 13.1 Å². The van der Waals surface area contributed by atoms with Gasteiger partial charge in [-0.1, -0.05) is 98.7 Å². The summed E-state index contributed by atoms with van der Waals surface area (Å²) in [5.74, 6) is -1.69. The van der Waals surface area contributed by atoms with Crippen LogP contribution in [-0.4, -0.2) is 46.9 Å². The number of ether oxygens (including phenoxy) is 1. The molecule has 0 bridgehead atoms. The van der Waals surface area contributed by atoms with Crippen LogP contribution in [0.2, 0.25) is 0 Å². The van der Waals surface area contributed by atoms with Gasteiger partial charge in [-0.05, 0) is 52.2 Å². The predicted octanol–water partition coefficient (Wildman–Crippen LogP) is 5.62. The van der Waals surface area contributed by atoms with E-state index in [-0.39, 0.29) is 19.0 Å². The van der Waals surface area contributed by atoms with Crippen molar-refractivity contribution in [2.75, 3.05) is 6.54 Å². The molecule has 2 aromatic carbocycles. The third kappa shape index (κ3) is 12.9. The van der Waals surface area contributed by atoms with Crippen LogP contribution < -0.4 is 16.4 Å². The summed E-state index contributed by atoms with van der Waals surface area (Å²) in [6, 6.07) is 13.0. The Labute approximate surface area is 256 Å². The van der Waals surface area contributed by atoms with Gasteiger partial charge >= 0.3 is 6.09 Å². The molecule has 0 aromatic heterocycles. The molecule has 0 aliphatic heterocycles. The number of hydrogen-bond acceptors (Lipinski definition) is 5. The standard InChI is InChI=1S/C34H50N4O5/c1-7-8-9-10-11-15-18-38(32(41)28(22-29(35)39)37-33(42)43-34(4,5)6)30(27-20-24(2)19-25(3)21-27)31(40)36-23-26-16-13-12-14-17-26/h12-14,16-17,19-21,28,30H,7-11,15,18,22-23H2,1-6H3,(H2,35,39)(H,36,40)(H,37,42). The van der Waals surface area contributed by atoms with Crippen molar-refractivity contribution in [3.05, 3.63) is 70.8 Å². The van der Waals surface area contributed by atoms with Gasteiger partial charge in [-0.2, -0.15) is 0 Å². The number of rotatable bonds is 16. The third-order valence-electron chi connectivity index (χ3n) is 6.86. The van der Waals surface area contributed by atoms with E-state index in [0.29, 0.717) is 12.0 Å². The summed E-state index contributed by atoms with van der Waals surface area (Å²) in [6.45, 7) is 11.7. The molecule has 4 N–H and O–H groups in total. The first-order valence-corrected chi connectivity index (χ1v) is 15.3. The van der Waals surface area contributed by atoms with E-state index in [4.69, 9.17) is 10.5 Å². The second-order valence-corrected chi connectivity index (χ2v) is 12.2. The van der Waals surface area contributed by atoms with Gasteiger partial charge < -0.3 is 26.0 Å². The highest BCUT2D eigenvalue weighted by Crippen LogP contribution is 2.26. The Balaban J connectivity index is 2.50. The Kier molecular flexibility index (Phi) is 14.2. The van der Waals surface area contributed by atoms with Crippen LogP contribution in [0.4, 0.5) is 4.79 Å². The SMILES string of the molecule is CCCCCCCCN(C(=O)C(CC(N)=O)NC(=O)OC(C)(C)C)C(C(=O)NCc1ccccc1)c1cc(C)cc(C)c1. The normalized spacial score (nSPS) is 12.6. The highest BCUT2D eigenvalue weighted by molar-refractivity contribution is 5.94. The number of nitrogens with zero attached hydrogens (tertiary/aromatic N) is 1. The van der Waals surface area contributed by atoms with Gasteiger partial charge in [0.1, 0.15) is 17.7 Å². The van der Waals surface area contributed by atoms with Gasteiger partial charge in [0.15, 0.2) is 0 Å². The minimum atomic E-state index is -1.30. The van der Waals surface area contributed by atoms with Crippen LogP contribution in [0, 0.1) is 13.8 Å². The second kappa shape index (κ2) is 17.3. The minimum absolute atomic E-state index is 0.257. The fourth-order valence-electron chi connectivity index (χ4n) is 5.00. The van der Waals surface area contributed by atoms with Crippen LogP contribution in [0.25, 0.3) is 0 Å². The Morgan fingerprint density at radius 1 is 0.907 bits per heavy atom. The molecule has 2 unspecified atom stereocenters. The molecule has 0 saturated heterocycles. The molecule has 2 atom stereocenters. The molecular formula is C34H50N4O5. The van der Waals surface area contributed by atoms with E-state index >= 15 is 0 Å². The minimum Gasteiger partial charge on any atom is -0.444 e. The van der Waals surface area contributed by atoms with E-state index in [0.717, 1.165) is 48.8 Å². The van der Waals surface area contributed by atoms with Crippen LogP contribution in [0.1, 0.15) is 101 Å². The quantitative estimate of drug-likeness (QED) is 0.217. The van der Waals surface area contributed by atoms with Crippen LogP contribution in [-0.2, 0) is 25.7 Å². The fourth-order valence-corrected chi connectivity index (χ4v) is 5.00. The van der Waals surface area contributed by atoms with Crippen molar-refractivity contribution in [2.24, 2.45) is 5.73 Å². The zero-order valence-electron chi connectivity index (χ0n) is 26.7. The maximum absolute atomic E-state index is 14.3. The van der Waals surface area contributed by atoms with Crippen LogP contribution >= 0.6 is 0 Å². The number of alkyl carbamates (subject to hydrolysis) is 1. The van der Waals surface area contributed by atoms with Crippen LogP contribution in [0.5, 0.6) is 0 Å². The molecule has 0 aliphatic rings. The van der Waals surface area contributed by atoms with Gasteiger partial charge in [0.05, 0.1) is 6.42 Å². The number of primary amides is 1. The van der Waals surface area contributed by atoms with Crippen molar-refractivity contribution >= 4 is 23.8 Å². The zero-order chi connectivity index (χ0) is 32.0. The number of unbranched alkanes of at least 4 members (excludes halogenated alkanes) is 5. The summed E-state index contributed by atoms with van der Waals surface area (Å²) in [5, 5.41) is 5.55. The number of hydrogen-bond donors (Lipinski definition) is 3. The average Bonchev–Trinajstić information content (AvgIpc) is 2.91. The second-order valence-electron chi connectivity index (χ2n) is 12.2. The first kappa shape index (κ1) is 35.3. The van der Waals surface area contributed by atoms with E-state index in [1.165, 1.54) is 4.90 Å². The highest BCUT2D eigenvalue weighted by atomic mass is 16.6. The van der Waals surface area contributed by atoms with Gasteiger partial charge in [-0.3, -0.25) is 14.4 Å². The molecule has 2 rings (SSSR count). The summed E-state index contributed by atoms with van der Waals surface area (Å²) in [4.78, 5) is 54.6. The van der Waals surface area contributed by atoms with Gasteiger partial charge in [-0.15, -0.1) is 0 Å². The lowest BCUT2D eigenvalue weighted by atomic mass is 9.97. The van der Waals surface area contributed by atoms with Crippen molar-refractivity contribution in [1.82, 2.24) is 15.5 Å². The predicted molar refractivity (Wildman–Crippen MR) is 169 cm³/mol. The van der Waals surface area contributed by atoms with Crippen molar-refractivity contribution < 1.29 is 23.9 Å². The largest absolute Gasteiger partial charge is 0.444 e. The van der Waals surface area contributed by atoms with E-state index < -0.39 is 42.0 Å². The number of carbonyl (C=O) groups excluding carboxylic acids is 4. The summed E-state index contributed by atoms with van der Waals surface area (Å²) >= 11 is 0. The summed E-state index contributed by atoms with van der Waals surface area (Å²) in [7, 11) is 0. The van der Waals surface area contributed by atoms with Gasteiger partial charge in [0.2, 0.25) is 17.7 Å². The number of carbonyl (C=O) groups is 4. The first-order chi connectivity index (χ1) is 20.3. The maximum atomic E-state index is 14.3. The number of aryl methyl sites for hydroxylation is 2. The molecule has 2 aromatic rings. The molecule has 9 heteroatoms. The van der Waals surface area contributed by atoms with E-state index in [1.807, 2.05) is 62.4 Å². The number of nitrogens with one attached hydrogen (secondary N) is 2. The van der Waals surface area contributed by atoms with Gasteiger partial charge in [-0.25, -0.2) is 4.79 Å². The summed E-state index contributed by atoms with van der Waals surface area (Å²) in [6.07, 6.45) is 4.59. The number of amides is 4. The van der Waals surface area contributed by atoms with E-state index in [9.17, 15) is 19.2 Å². The zero-order valence-corrected chi connectivity index (χ0v) is 26.7. The smallest absolute Gasteiger partial charge is 0.408 e. The molecule has 0 heterocycles. The molecular weight excluding hydrogens is 544 g/mol. The maximum Gasteiger partial charge on any atom is 0.408 e. The molecule has 0 saturated carbocycles. The molecule has 0 spiro atoms. The molecule has 0 fully saturated rings. The third-order valence-corrected chi connectivity index (χ3v) is 6.86. The highest BCUT2D eigenvalue weighted by Gasteiger charge is 2.37. The van der Waals surface area contributed by atoms with Crippen molar-refractivity contribution in [3.63, 3.8) is 0 Å². The molecule has 43 heavy (non-hydrogen) atoms. The molecule has 236 valence electrons. The average molecular weight is 595 g/mol. The van der Waals surface area contributed by atoms with E-state index in [1.54, 1.807) is 20.8 Å². The van der Waals surface area contributed by atoms with E-state index in [2.05, 4.69) is 17.6 Å². The Hall–Kier alpha value is -3.88. The monoisotopic (exact) mass is 594 g/mol. The molecule has 9 nitrogen and oxygen atoms in total. The van der Waals surface area contributed by atoms with Crippen LogP contribution in [0.15, 0.2) is 48.5 Å². The number of nitrogens with two attached hydrogens (primary N) is 1. The first-order valence-electron chi connectivity index (χ1n) is 15.3. The van der Waals surface area contributed by atoms with Crippen molar-refractivity contribution in [1.29, 1.82) is 0 Å². The lowest BCUT2D eigenvalue weighted by Crippen LogP contribution is -2.54. The Bertz CT molecular complexity index is 1190. The number of benzene rings is 2. The summed E-state index contributed by atoms with van der Waals surface area (Å²) < 4.78 is 5.38. The van der Waals surface area contributed by atoms with Gasteiger partial charge in [0.25, 0.3) is 0 Å². The molecule has 0 radical (unpaired) electrons. The van der Waals surface area contributed by atoms with Crippen molar-refractivity contribution in [2.45, 2.75) is 111 Å². The van der Waals surface area contributed by atoms with Crippen molar-refractivity contribution in [3.8, 4) is 0 Å².